The summed E-state index contributed by atoms with van der Waals surface area (Å²) in [6.07, 6.45) is -3.76. The molecule has 1 fully saturated rings. The lowest BCUT2D eigenvalue weighted by Crippen LogP contribution is -2.22. The maximum atomic E-state index is 12.9. The van der Waals surface area contributed by atoms with E-state index in [9.17, 15) is 22.4 Å². The van der Waals surface area contributed by atoms with Crippen LogP contribution in [0.15, 0.2) is 36.4 Å². The average Bonchev–Trinajstić information content (AvgIpc) is 3.16. The van der Waals surface area contributed by atoms with Crippen molar-refractivity contribution in [1.29, 1.82) is 0 Å². The molecule has 1 aromatic carbocycles. The molecular formula is C16H13F4NOS. The van der Waals surface area contributed by atoms with Crippen LogP contribution in [0.25, 0.3) is 0 Å². The molecule has 0 amide bonds. The van der Waals surface area contributed by atoms with Gasteiger partial charge in [0.05, 0.1) is 5.00 Å². The Bertz CT molecular complexity index is 708. The minimum absolute atomic E-state index is 0.0971. The number of hydrogen-bond acceptors (Lipinski definition) is 3. The quantitative estimate of drug-likeness (QED) is 0.599. The first-order valence-electron chi connectivity index (χ1n) is 7.06. The van der Waals surface area contributed by atoms with Crippen molar-refractivity contribution >= 4 is 22.1 Å². The molecule has 0 aliphatic carbocycles. The van der Waals surface area contributed by atoms with Crippen molar-refractivity contribution in [2.24, 2.45) is 5.92 Å². The van der Waals surface area contributed by atoms with E-state index in [4.69, 9.17) is 0 Å². The second-order valence-corrected chi connectivity index (χ2v) is 6.50. The van der Waals surface area contributed by atoms with Gasteiger partial charge in [-0.3, -0.25) is 4.79 Å². The lowest BCUT2D eigenvalue weighted by molar-refractivity contribution is -0.134. The van der Waals surface area contributed by atoms with Gasteiger partial charge in [-0.1, -0.05) is 0 Å². The monoisotopic (exact) mass is 343 g/mol. The Hall–Kier alpha value is -1.89. The zero-order chi connectivity index (χ0) is 16.6. The largest absolute Gasteiger partial charge is 0.425 e. The number of carbonyl (C=O) groups is 1. The highest BCUT2D eigenvalue weighted by Crippen LogP contribution is 2.39. The lowest BCUT2D eigenvalue weighted by atomic mass is 9.97. The van der Waals surface area contributed by atoms with Gasteiger partial charge in [-0.15, -0.1) is 11.3 Å². The van der Waals surface area contributed by atoms with Crippen LogP contribution in [0, 0.1) is 11.7 Å². The predicted octanol–water partition coefficient (Wildman–Crippen LogP) is 4.62. The molecule has 0 radical (unpaired) electrons. The number of ketones is 1. The van der Waals surface area contributed by atoms with Gasteiger partial charge >= 0.3 is 6.18 Å². The van der Waals surface area contributed by atoms with Crippen molar-refractivity contribution in [1.82, 2.24) is 0 Å². The summed E-state index contributed by atoms with van der Waals surface area (Å²) in [7, 11) is 0. The zero-order valence-electron chi connectivity index (χ0n) is 11.9. The molecule has 0 spiro atoms. The molecule has 1 aromatic heterocycles. The summed E-state index contributed by atoms with van der Waals surface area (Å²) in [6, 6.07) is 7.84. The Morgan fingerprint density at radius 1 is 1.13 bits per heavy atom. The first-order chi connectivity index (χ1) is 10.8. The van der Waals surface area contributed by atoms with Crippen molar-refractivity contribution in [2.75, 3.05) is 18.0 Å². The fraction of sp³-hybridized carbons (Fsp3) is 0.312. The Balaban J connectivity index is 1.69. The second-order valence-electron chi connectivity index (χ2n) is 5.44. The maximum Gasteiger partial charge on any atom is 0.425 e. The van der Waals surface area contributed by atoms with Crippen molar-refractivity contribution < 1.29 is 22.4 Å². The highest BCUT2D eigenvalue weighted by Gasteiger charge is 2.35. The van der Waals surface area contributed by atoms with Crippen LogP contribution in [0.5, 0.6) is 0 Å². The van der Waals surface area contributed by atoms with E-state index in [1.54, 1.807) is 4.90 Å². The Morgan fingerprint density at radius 3 is 2.43 bits per heavy atom. The summed E-state index contributed by atoms with van der Waals surface area (Å²) in [5.41, 5.74) is 0.431. The highest BCUT2D eigenvalue weighted by molar-refractivity contribution is 7.16. The van der Waals surface area contributed by atoms with E-state index >= 15 is 0 Å². The van der Waals surface area contributed by atoms with E-state index in [-0.39, 0.29) is 11.7 Å². The molecule has 122 valence electrons. The van der Waals surface area contributed by atoms with Gasteiger partial charge in [-0.05, 0) is 42.8 Å². The summed E-state index contributed by atoms with van der Waals surface area (Å²) >= 11 is 0.689. The number of carbonyl (C=O) groups excluding carboxylic acids is 1. The van der Waals surface area contributed by atoms with Crippen LogP contribution >= 0.6 is 11.3 Å². The molecule has 1 aliphatic heterocycles. The summed E-state index contributed by atoms with van der Waals surface area (Å²) < 4.78 is 50.9. The van der Waals surface area contributed by atoms with Gasteiger partial charge in [0.2, 0.25) is 0 Å². The minimum atomic E-state index is -4.34. The van der Waals surface area contributed by atoms with Crippen LogP contribution in [0.4, 0.5) is 22.6 Å². The number of Topliss-reactive ketones (excluding diaryl/α,β-unsaturated/α-hetero) is 1. The zero-order valence-corrected chi connectivity index (χ0v) is 12.8. The molecule has 2 aromatic rings. The molecule has 2 heterocycles. The average molecular weight is 343 g/mol. The molecule has 0 bridgehead atoms. The second kappa shape index (κ2) is 5.96. The normalized spacial score (nSPS) is 18.4. The van der Waals surface area contributed by atoms with E-state index in [1.807, 2.05) is 0 Å². The molecule has 0 N–H and O–H groups in total. The maximum absolute atomic E-state index is 12.9. The molecule has 0 saturated carbocycles. The van der Waals surface area contributed by atoms with Gasteiger partial charge < -0.3 is 4.90 Å². The molecule has 1 atom stereocenters. The van der Waals surface area contributed by atoms with E-state index < -0.39 is 16.9 Å². The third-order valence-electron chi connectivity index (χ3n) is 3.87. The van der Waals surface area contributed by atoms with Crippen molar-refractivity contribution in [3.05, 3.63) is 52.7 Å². The van der Waals surface area contributed by atoms with Gasteiger partial charge in [0, 0.05) is 24.6 Å². The van der Waals surface area contributed by atoms with E-state index in [2.05, 4.69) is 0 Å². The Kier molecular flexibility index (Phi) is 4.14. The van der Waals surface area contributed by atoms with E-state index in [1.165, 1.54) is 30.3 Å². The van der Waals surface area contributed by atoms with Gasteiger partial charge in [0.25, 0.3) is 0 Å². The molecule has 1 aliphatic rings. The third kappa shape index (κ3) is 3.39. The van der Waals surface area contributed by atoms with Crippen LogP contribution in [0.1, 0.15) is 21.7 Å². The molecule has 7 heteroatoms. The highest BCUT2D eigenvalue weighted by atomic mass is 32.1. The van der Waals surface area contributed by atoms with Gasteiger partial charge in [-0.25, -0.2) is 4.39 Å². The first-order valence-corrected chi connectivity index (χ1v) is 7.88. The fourth-order valence-electron chi connectivity index (χ4n) is 2.67. The van der Waals surface area contributed by atoms with Gasteiger partial charge in [-0.2, -0.15) is 13.2 Å². The summed E-state index contributed by atoms with van der Waals surface area (Å²) in [5.74, 6) is -0.787. The van der Waals surface area contributed by atoms with Crippen LogP contribution in [0.2, 0.25) is 0 Å². The summed E-state index contributed by atoms with van der Waals surface area (Å²) in [6.45, 7) is 0.920. The third-order valence-corrected chi connectivity index (χ3v) is 5.06. The number of benzene rings is 1. The molecule has 2 nitrogen and oxygen atoms in total. The van der Waals surface area contributed by atoms with Crippen molar-refractivity contribution in [3.8, 4) is 0 Å². The van der Waals surface area contributed by atoms with E-state index in [0.717, 1.165) is 6.07 Å². The Morgan fingerprint density at radius 2 is 1.83 bits per heavy atom. The number of rotatable bonds is 3. The number of thiophene rings is 1. The molecule has 23 heavy (non-hydrogen) atoms. The smallest absolute Gasteiger partial charge is 0.363 e. The Labute approximate surface area is 134 Å². The topological polar surface area (TPSA) is 20.3 Å². The number of hydrogen-bond donors (Lipinski definition) is 0. The number of anilines is 1. The SMILES string of the molecule is O=C(c1ccc(F)cc1)C1CCN(c2ccc(C(F)(F)F)s2)C1. The standard InChI is InChI=1S/C16H13F4NOS/c17-12-3-1-10(2-4-12)15(22)11-7-8-21(9-11)14-6-5-13(23-14)16(18,19)20/h1-6,11H,7-9H2. The van der Waals surface area contributed by atoms with Crippen LogP contribution in [-0.4, -0.2) is 18.9 Å². The fourth-order valence-corrected chi connectivity index (χ4v) is 3.58. The minimum Gasteiger partial charge on any atom is -0.363 e. The van der Waals surface area contributed by atoms with Crippen LogP contribution < -0.4 is 4.90 Å². The van der Waals surface area contributed by atoms with Crippen LogP contribution in [-0.2, 0) is 6.18 Å². The molecule has 1 unspecified atom stereocenters. The number of halogens is 4. The number of alkyl halides is 3. The summed E-state index contributed by atoms with van der Waals surface area (Å²) in [4.78, 5) is 13.5. The van der Waals surface area contributed by atoms with E-state index in [0.29, 0.717) is 41.4 Å². The lowest BCUT2D eigenvalue weighted by Gasteiger charge is -2.16. The first kappa shape index (κ1) is 16.0. The van der Waals surface area contributed by atoms with Crippen molar-refractivity contribution in [3.63, 3.8) is 0 Å². The van der Waals surface area contributed by atoms with Crippen LogP contribution in [0.3, 0.4) is 0 Å². The summed E-state index contributed by atoms with van der Waals surface area (Å²) in [5, 5.41) is 0.520. The molecule has 1 saturated heterocycles. The van der Waals surface area contributed by atoms with Gasteiger partial charge in [0.15, 0.2) is 5.78 Å². The van der Waals surface area contributed by atoms with Gasteiger partial charge in [0.1, 0.15) is 10.7 Å². The van der Waals surface area contributed by atoms with Crippen molar-refractivity contribution in [2.45, 2.75) is 12.6 Å². The number of nitrogens with zero attached hydrogens (tertiary/aromatic N) is 1. The predicted molar refractivity (Wildman–Crippen MR) is 80.4 cm³/mol. The molecular weight excluding hydrogens is 330 g/mol. The molecule has 3 rings (SSSR count).